The molecule has 3 aromatic carbocycles. The third-order valence-electron chi connectivity index (χ3n) is 5.49. The molecule has 1 aliphatic heterocycles. The van der Waals surface area contributed by atoms with E-state index in [1.807, 2.05) is 19.1 Å². The topological polar surface area (TPSA) is 74.8 Å². The quantitative estimate of drug-likeness (QED) is 0.390. The molecule has 1 aliphatic rings. The Morgan fingerprint density at radius 1 is 0.912 bits per heavy atom. The number of benzene rings is 3. The lowest BCUT2D eigenvalue weighted by Crippen LogP contribution is -2.45. The predicted molar refractivity (Wildman–Crippen MR) is 133 cm³/mol. The maximum Gasteiger partial charge on any atom is 0.252 e. The Morgan fingerprint density at radius 2 is 1.53 bits per heavy atom. The van der Waals surface area contributed by atoms with Crippen molar-refractivity contribution in [2.75, 3.05) is 4.90 Å². The maximum absolute atomic E-state index is 13.8. The van der Waals surface area contributed by atoms with Gasteiger partial charge in [0.15, 0.2) is 0 Å². The number of carbonyl (C=O) groups excluding carboxylic acids is 2. The summed E-state index contributed by atoms with van der Waals surface area (Å²) in [6.07, 6.45) is -0.315. The molecule has 1 heterocycles. The molecule has 0 saturated carbocycles. The van der Waals surface area contributed by atoms with Crippen LogP contribution in [0.1, 0.15) is 17.5 Å². The van der Waals surface area contributed by atoms with Crippen LogP contribution in [0.2, 0.25) is 15.1 Å². The lowest BCUT2D eigenvalue weighted by molar-refractivity contribution is -0.122. The van der Waals surface area contributed by atoms with Crippen LogP contribution < -0.4 is 4.90 Å². The third-order valence-corrected chi connectivity index (χ3v) is 8.32. The van der Waals surface area contributed by atoms with Crippen molar-refractivity contribution >= 4 is 62.3 Å². The highest BCUT2D eigenvalue weighted by molar-refractivity contribution is 7.89. The number of nitrogens with zero attached hydrogens (tertiary/aromatic N) is 2. The van der Waals surface area contributed by atoms with Gasteiger partial charge < -0.3 is 0 Å². The van der Waals surface area contributed by atoms with Crippen molar-refractivity contribution in [1.29, 1.82) is 0 Å². The summed E-state index contributed by atoms with van der Waals surface area (Å²) in [7, 11) is -4.32. The molecule has 0 spiro atoms. The Hall–Kier alpha value is -2.42. The molecule has 176 valence electrons. The second kappa shape index (κ2) is 9.68. The van der Waals surface area contributed by atoms with Crippen LogP contribution in [0.5, 0.6) is 0 Å². The molecule has 2 amide bonds. The first-order valence-corrected chi connectivity index (χ1v) is 12.8. The minimum Gasteiger partial charge on any atom is -0.274 e. The fourth-order valence-corrected chi connectivity index (χ4v) is 6.17. The number of aryl methyl sites for hydroxylation is 1. The summed E-state index contributed by atoms with van der Waals surface area (Å²) in [5.41, 5.74) is 1.96. The Balaban J connectivity index is 1.78. The predicted octanol–water partition coefficient (Wildman–Crippen LogP) is 5.48. The maximum atomic E-state index is 13.8. The largest absolute Gasteiger partial charge is 0.274 e. The molecule has 1 saturated heterocycles. The van der Waals surface area contributed by atoms with E-state index in [9.17, 15) is 18.0 Å². The first kappa shape index (κ1) is 24.7. The van der Waals surface area contributed by atoms with E-state index in [1.54, 1.807) is 24.3 Å². The summed E-state index contributed by atoms with van der Waals surface area (Å²) in [5, 5.41) is 0.582. The SMILES string of the molecule is Cc1ccc(CN(C2CC(=O)N(c3ccc(Cl)cc3)C2=O)S(=O)(=O)c2cc(Cl)ccc2Cl)cc1. The smallest absolute Gasteiger partial charge is 0.252 e. The molecular formula is C24H19Cl3N2O4S. The number of carbonyl (C=O) groups is 2. The van der Waals surface area contributed by atoms with Crippen molar-refractivity contribution < 1.29 is 18.0 Å². The van der Waals surface area contributed by atoms with E-state index in [4.69, 9.17) is 34.8 Å². The van der Waals surface area contributed by atoms with Crippen molar-refractivity contribution in [3.8, 4) is 0 Å². The Bertz CT molecular complexity index is 1360. The van der Waals surface area contributed by atoms with Crippen LogP contribution in [-0.2, 0) is 26.2 Å². The average molecular weight is 538 g/mol. The highest BCUT2D eigenvalue weighted by atomic mass is 35.5. The molecule has 1 unspecified atom stereocenters. The second-order valence-corrected chi connectivity index (χ2v) is 11.0. The normalized spacial score (nSPS) is 16.5. The van der Waals surface area contributed by atoms with Crippen LogP contribution >= 0.6 is 34.8 Å². The lowest BCUT2D eigenvalue weighted by Gasteiger charge is -2.27. The average Bonchev–Trinajstić information content (AvgIpc) is 3.09. The fourth-order valence-electron chi connectivity index (χ4n) is 3.74. The minimum absolute atomic E-state index is 0.0374. The Kier molecular flexibility index (Phi) is 7.03. The van der Waals surface area contributed by atoms with Crippen molar-refractivity contribution in [2.45, 2.75) is 30.8 Å². The van der Waals surface area contributed by atoms with Crippen molar-refractivity contribution in [2.24, 2.45) is 0 Å². The van der Waals surface area contributed by atoms with Crippen molar-refractivity contribution in [3.63, 3.8) is 0 Å². The third kappa shape index (κ3) is 4.85. The summed E-state index contributed by atoms with van der Waals surface area (Å²) in [6, 6.07) is 16.2. The molecule has 4 rings (SSSR count). The van der Waals surface area contributed by atoms with E-state index < -0.39 is 27.9 Å². The number of imide groups is 1. The highest BCUT2D eigenvalue weighted by Crippen LogP contribution is 2.34. The van der Waals surface area contributed by atoms with Gasteiger partial charge in [0.1, 0.15) is 10.9 Å². The monoisotopic (exact) mass is 536 g/mol. The van der Waals surface area contributed by atoms with E-state index in [0.717, 1.165) is 14.8 Å². The Morgan fingerprint density at radius 3 is 2.18 bits per heavy atom. The van der Waals surface area contributed by atoms with E-state index in [-0.39, 0.29) is 27.9 Å². The van der Waals surface area contributed by atoms with Crippen LogP contribution in [0, 0.1) is 6.92 Å². The van der Waals surface area contributed by atoms with Crippen LogP contribution in [0.4, 0.5) is 5.69 Å². The summed E-state index contributed by atoms with van der Waals surface area (Å²) >= 11 is 18.2. The van der Waals surface area contributed by atoms with Gasteiger partial charge in [-0.2, -0.15) is 4.31 Å². The number of halogens is 3. The molecule has 34 heavy (non-hydrogen) atoms. The molecule has 3 aromatic rings. The van der Waals surface area contributed by atoms with Gasteiger partial charge in [-0.05, 0) is 55.0 Å². The van der Waals surface area contributed by atoms with Gasteiger partial charge in [-0.1, -0.05) is 64.6 Å². The zero-order valence-electron chi connectivity index (χ0n) is 17.9. The van der Waals surface area contributed by atoms with Gasteiger partial charge in [0.25, 0.3) is 5.91 Å². The summed E-state index contributed by atoms with van der Waals surface area (Å²) in [4.78, 5) is 27.0. The molecule has 0 aliphatic carbocycles. The molecule has 0 aromatic heterocycles. The van der Waals surface area contributed by atoms with Gasteiger partial charge >= 0.3 is 0 Å². The van der Waals surface area contributed by atoms with E-state index in [0.29, 0.717) is 16.3 Å². The van der Waals surface area contributed by atoms with E-state index >= 15 is 0 Å². The van der Waals surface area contributed by atoms with Gasteiger partial charge in [-0.15, -0.1) is 0 Å². The zero-order valence-corrected chi connectivity index (χ0v) is 21.0. The molecule has 1 fully saturated rings. The number of rotatable bonds is 6. The van der Waals surface area contributed by atoms with Gasteiger partial charge in [-0.3, -0.25) is 9.59 Å². The molecular weight excluding hydrogens is 519 g/mol. The molecule has 10 heteroatoms. The molecule has 0 N–H and O–H groups in total. The number of hydrogen-bond donors (Lipinski definition) is 0. The fraction of sp³-hybridized carbons (Fsp3) is 0.167. The van der Waals surface area contributed by atoms with E-state index in [1.165, 1.54) is 30.3 Å². The molecule has 1 atom stereocenters. The standard InChI is InChI=1S/C24H19Cl3N2O4S/c1-15-2-4-16(5-3-15)14-28(34(32,33)22-12-18(26)8-11-20(22)27)21-13-23(30)29(24(21)31)19-9-6-17(25)7-10-19/h2-12,21H,13-14H2,1H3. The number of hydrogen-bond acceptors (Lipinski definition) is 4. The highest BCUT2D eigenvalue weighted by Gasteiger charge is 2.47. The van der Waals surface area contributed by atoms with Crippen LogP contribution in [0.15, 0.2) is 71.6 Å². The summed E-state index contributed by atoms with van der Waals surface area (Å²) in [6.45, 7) is 1.77. The first-order chi connectivity index (χ1) is 16.1. The Labute approximate surface area is 212 Å². The number of amides is 2. The van der Waals surface area contributed by atoms with E-state index in [2.05, 4.69) is 0 Å². The molecule has 6 nitrogen and oxygen atoms in total. The summed E-state index contributed by atoms with van der Waals surface area (Å²) < 4.78 is 28.6. The van der Waals surface area contributed by atoms with Crippen LogP contribution in [0.3, 0.4) is 0 Å². The van der Waals surface area contributed by atoms with Crippen molar-refractivity contribution in [3.05, 3.63) is 92.9 Å². The van der Waals surface area contributed by atoms with Gasteiger partial charge in [0.05, 0.1) is 17.1 Å². The van der Waals surface area contributed by atoms with Gasteiger partial charge in [-0.25, -0.2) is 13.3 Å². The zero-order chi connectivity index (χ0) is 24.6. The number of anilines is 1. The van der Waals surface area contributed by atoms with Gasteiger partial charge in [0.2, 0.25) is 15.9 Å². The minimum atomic E-state index is -4.32. The first-order valence-electron chi connectivity index (χ1n) is 10.2. The summed E-state index contributed by atoms with van der Waals surface area (Å²) in [5.74, 6) is -1.17. The second-order valence-electron chi connectivity index (χ2n) is 7.87. The van der Waals surface area contributed by atoms with Gasteiger partial charge in [0, 0.05) is 16.6 Å². The van der Waals surface area contributed by atoms with Crippen molar-refractivity contribution in [1.82, 2.24) is 4.31 Å². The number of sulfonamides is 1. The molecule has 0 bridgehead atoms. The molecule has 0 radical (unpaired) electrons. The van der Waals surface area contributed by atoms with Crippen LogP contribution in [0.25, 0.3) is 0 Å². The van der Waals surface area contributed by atoms with Crippen LogP contribution in [-0.4, -0.2) is 30.6 Å². The lowest BCUT2D eigenvalue weighted by atomic mass is 10.1.